The lowest BCUT2D eigenvalue weighted by molar-refractivity contribution is -0.0594. The highest BCUT2D eigenvalue weighted by Crippen LogP contribution is 2.67. The molecule has 0 spiro atoms. The first-order valence-corrected chi connectivity index (χ1v) is 16.1. The third kappa shape index (κ3) is 5.23. The van der Waals surface area contributed by atoms with Gasteiger partial charge < -0.3 is 4.74 Å². The van der Waals surface area contributed by atoms with Gasteiger partial charge in [0.15, 0.2) is 0 Å². The lowest BCUT2D eigenvalue weighted by atomic mass is 9.47. The molecule has 4 aliphatic carbocycles. The van der Waals surface area contributed by atoms with E-state index in [1.165, 1.54) is 51.4 Å². The van der Waals surface area contributed by atoms with Crippen molar-refractivity contribution in [3.63, 3.8) is 0 Å². The van der Waals surface area contributed by atoms with Crippen LogP contribution in [0.2, 0.25) is 10.0 Å². The van der Waals surface area contributed by atoms with Crippen molar-refractivity contribution >= 4 is 29.2 Å². The number of allylic oxidation sites excluding steroid dienone is 1. The van der Waals surface area contributed by atoms with E-state index in [4.69, 9.17) is 27.9 Å². The number of fused-ring (bicyclic) bond motifs is 5. The van der Waals surface area contributed by atoms with E-state index in [1.54, 1.807) is 23.8 Å². The summed E-state index contributed by atoms with van der Waals surface area (Å²) < 4.78 is 5.99. The quantitative estimate of drug-likeness (QED) is 0.245. The number of carbonyl (C=O) groups is 1. The molecule has 210 valence electrons. The van der Waals surface area contributed by atoms with Crippen LogP contribution in [0.3, 0.4) is 0 Å². The molecule has 3 saturated carbocycles. The minimum absolute atomic E-state index is 0.0680. The molecule has 4 heteroatoms. The fraction of sp³-hybridized carbons (Fsp3) is 0.735. The van der Waals surface area contributed by atoms with Crippen molar-refractivity contribution in [2.75, 3.05) is 0 Å². The van der Waals surface area contributed by atoms with E-state index in [-0.39, 0.29) is 17.5 Å². The molecule has 0 heterocycles. The summed E-state index contributed by atoms with van der Waals surface area (Å²) in [5.41, 5.74) is 2.73. The Morgan fingerprint density at radius 3 is 2.55 bits per heavy atom. The molecule has 38 heavy (non-hydrogen) atoms. The van der Waals surface area contributed by atoms with Crippen molar-refractivity contribution in [2.24, 2.45) is 46.3 Å². The van der Waals surface area contributed by atoms with Gasteiger partial charge in [-0.15, -0.1) is 0 Å². The van der Waals surface area contributed by atoms with Crippen molar-refractivity contribution in [3.8, 4) is 0 Å². The van der Waals surface area contributed by atoms with E-state index >= 15 is 0 Å². The molecule has 1 aromatic rings. The molecule has 4 aliphatic rings. The van der Waals surface area contributed by atoms with Gasteiger partial charge in [-0.2, -0.15) is 0 Å². The van der Waals surface area contributed by atoms with Gasteiger partial charge in [-0.05, 0) is 109 Å². The summed E-state index contributed by atoms with van der Waals surface area (Å²) in [6.07, 6.45) is 16.4. The molecule has 3 fully saturated rings. The summed E-state index contributed by atoms with van der Waals surface area (Å²) in [7, 11) is 0. The van der Waals surface area contributed by atoms with Crippen LogP contribution in [-0.4, -0.2) is 12.1 Å². The van der Waals surface area contributed by atoms with Crippen LogP contribution in [0.4, 0.5) is 0 Å². The van der Waals surface area contributed by atoms with Crippen molar-refractivity contribution in [1.29, 1.82) is 0 Å². The predicted molar refractivity (Wildman–Crippen MR) is 159 cm³/mol. The number of carbonyl (C=O) groups excluding carboxylic acids is 1. The fourth-order valence-electron chi connectivity index (χ4n) is 9.62. The normalized spacial score (nSPS) is 37.2. The Labute approximate surface area is 241 Å². The Kier molecular flexibility index (Phi) is 8.35. The molecule has 0 radical (unpaired) electrons. The second-order valence-electron chi connectivity index (χ2n) is 14.2. The highest BCUT2D eigenvalue weighted by Gasteiger charge is 2.59. The predicted octanol–water partition coefficient (Wildman–Crippen LogP) is 10.6. The van der Waals surface area contributed by atoms with Gasteiger partial charge in [-0.1, -0.05) is 88.7 Å². The first-order valence-electron chi connectivity index (χ1n) is 15.4. The fourth-order valence-corrected chi connectivity index (χ4v) is 10.1. The van der Waals surface area contributed by atoms with Gasteiger partial charge in [-0.3, -0.25) is 0 Å². The van der Waals surface area contributed by atoms with Crippen LogP contribution in [0.1, 0.15) is 116 Å². The van der Waals surface area contributed by atoms with Crippen molar-refractivity contribution < 1.29 is 9.53 Å². The van der Waals surface area contributed by atoms with Gasteiger partial charge in [-0.25, -0.2) is 4.79 Å². The highest BCUT2D eigenvalue weighted by molar-refractivity contribution is 6.36. The van der Waals surface area contributed by atoms with Gasteiger partial charge in [0, 0.05) is 11.4 Å². The Morgan fingerprint density at radius 2 is 1.82 bits per heavy atom. The molecule has 0 saturated heterocycles. The number of hydrogen-bond acceptors (Lipinski definition) is 2. The molecule has 0 N–H and O–H groups in total. The number of halogens is 2. The van der Waals surface area contributed by atoms with Crippen LogP contribution in [0.25, 0.3) is 0 Å². The van der Waals surface area contributed by atoms with E-state index in [0.717, 1.165) is 54.8 Å². The monoisotopic (exact) mass is 558 g/mol. The van der Waals surface area contributed by atoms with Gasteiger partial charge in [0.1, 0.15) is 6.10 Å². The zero-order valence-corrected chi connectivity index (χ0v) is 25.7. The van der Waals surface area contributed by atoms with Crippen LogP contribution < -0.4 is 0 Å². The standard InChI is InChI=1S/C34H48Cl2O2/c1-21(2)7-6-8-22(3)28-13-14-29-26-11-9-23-19-25(38-32(37)27-12-10-24(35)20-31(27)36)15-17-33(23,4)30(26)16-18-34(28,29)5/h9-10,12,20-22,25-26,28-30H,6-8,11,13-19H2,1-5H3/t22-,25+,26-,28-,29-,30-,33+,34-/m1/s1. The van der Waals surface area contributed by atoms with Crippen molar-refractivity contribution in [1.82, 2.24) is 0 Å². The highest BCUT2D eigenvalue weighted by atomic mass is 35.5. The minimum Gasteiger partial charge on any atom is -0.458 e. The maximum Gasteiger partial charge on any atom is 0.339 e. The zero-order valence-electron chi connectivity index (χ0n) is 24.2. The summed E-state index contributed by atoms with van der Waals surface area (Å²) in [6, 6.07) is 4.98. The summed E-state index contributed by atoms with van der Waals surface area (Å²) in [4.78, 5) is 12.9. The Hall–Kier alpha value is -0.990. The van der Waals surface area contributed by atoms with Crippen molar-refractivity contribution in [2.45, 2.75) is 111 Å². The van der Waals surface area contributed by atoms with E-state index < -0.39 is 0 Å². The van der Waals surface area contributed by atoms with Crippen molar-refractivity contribution in [3.05, 3.63) is 45.5 Å². The molecule has 5 rings (SSSR count). The summed E-state index contributed by atoms with van der Waals surface area (Å²) in [5, 5.41) is 0.886. The number of ether oxygens (including phenoxy) is 1. The number of esters is 1. The topological polar surface area (TPSA) is 26.3 Å². The molecule has 8 atom stereocenters. The zero-order chi connectivity index (χ0) is 27.2. The summed E-state index contributed by atoms with van der Waals surface area (Å²) in [5.74, 6) is 4.71. The van der Waals surface area contributed by atoms with Crippen LogP contribution in [-0.2, 0) is 4.74 Å². The largest absolute Gasteiger partial charge is 0.458 e. The Morgan fingerprint density at radius 1 is 1.03 bits per heavy atom. The average molecular weight is 560 g/mol. The SMILES string of the molecule is CC(C)CCC[C@@H](C)[C@H]1CC[C@@H]2[C@H]3CC=C4C[C@@H](OC(=O)c5ccc(Cl)cc5Cl)CC[C@]4(C)[C@@H]3CC[C@@]21C. The van der Waals surface area contributed by atoms with Gasteiger partial charge in [0.05, 0.1) is 10.6 Å². The molecule has 2 nitrogen and oxygen atoms in total. The second kappa shape index (κ2) is 11.1. The number of benzene rings is 1. The van der Waals surface area contributed by atoms with Crippen LogP contribution >= 0.6 is 23.2 Å². The third-order valence-corrected chi connectivity index (χ3v) is 12.2. The van der Waals surface area contributed by atoms with E-state index in [2.05, 4.69) is 40.7 Å². The lowest BCUT2D eigenvalue weighted by Gasteiger charge is -2.58. The molecule has 0 bridgehead atoms. The Bertz CT molecular complexity index is 1060. The second-order valence-corrected chi connectivity index (χ2v) is 15.0. The van der Waals surface area contributed by atoms with Crippen LogP contribution in [0.5, 0.6) is 0 Å². The van der Waals surface area contributed by atoms with E-state index in [0.29, 0.717) is 21.0 Å². The first-order chi connectivity index (χ1) is 18.0. The number of hydrogen-bond donors (Lipinski definition) is 0. The van der Waals surface area contributed by atoms with Gasteiger partial charge in [0.2, 0.25) is 0 Å². The average Bonchev–Trinajstić information content (AvgIpc) is 3.21. The lowest BCUT2D eigenvalue weighted by Crippen LogP contribution is -2.51. The van der Waals surface area contributed by atoms with E-state index in [9.17, 15) is 4.79 Å². The minimum atomic E-state index is -0.331. The molecular weight excluding hydrogens is 511 g/mol. The first kappa shape index (κ1) is 28.5. The summed E-state index contributed by atoms with van der Waals surface area (Å²) in [6.45, 7) is 12.5. The maximum absolute atomic E-state index is 12.9. The molecular formula is C34H48Cl2O2. The third-order valence-electron chi connectivity index (χ3n) is 11.7. The molecule has 0 amide bonds. The molecule has 1 aromatic carbocycles. The maximum atomic E-state index is 12.9. The molecule has 0 aromatic heterocycles. The van der Waals surface area contributed by atoms with Crippen LogP contribution in [0.15, 0.2) is 29.8 Å². The van der Waals surface area contributed by atoms with E-state index in [1.807, 2.05) is 0 Å². The van der Waals surface area contributed by atoms with Gasteiger partial charge in [0.25, 0.3) is 0 Å². The van der Waals surface area contributed by atoms with Gasteiger partial charge >= 0.3 is 5.97 Å². The number of rotatable bonds is 7. The summed E-state index contributed by atoms with van der Waals surface area (Å²) >= 11 is 12.3. The Balaban J connectivity index is 1.25. The molecule has 0 aliphatic heterocycles. The smallest absolute Gasteiger partial charge is 0.339 e. The van der Waals surface area contributed by atoms with Crippen LogP contribution in [0, 0.1) is 46.3 Å². The molecule has 0 unspecified atom stereocenters.